The van der Waals surface area contributed by atoms with E-state index in [1.807, 2.05) is 0 Å². The van der Waals surface area contributed by atoms with Crippen LogP contribution in [0.5, 0.6) is 0 Å². The first-order valence-corrected chi connectivity index (χ1v) is 7.91. The zero-order valence-corrected chi connectivity index (χ0v) is 12.3. The first-order valence-electron chi connectivity index (χ1n) is 6.43. The van der Waals surface area contributed by atoms with E-state index in [4.69, 9.17) is 0 Å². The van der Waals surface area contributed by atoms with Gasteiger partial charge in [0.15, 0.2) is 0 Å². The summed E-state index contributed by atoms with van der Waals surface area (Å²) in [5.41, 5.74) is 0.678. The van der Waals surface area contributed by atoms with E-state index in [1.165, 1.54) is 12.1 Å². The Morgan fingerprint density at radius 2 is 1.82 bits per heavy atom. The molecule has 2 rings (SSSR count). The van der Waals surface area contributed by atoms with Gasteiger partial charge in [0.2, 0.25) is 10.0 Å². The van der Waals surface area contributed by atoms with Crippen molar-refractivity contribution in [1.29, 1.82) is 0 Å². The Bertz CT molecular complexity index is 762. The van der Waals surface area contributed by atoms with E-state index in [0.29, 0.717) is 5.56 Å². The van der Waals surface area contributed by atoms with Gasteiger partial charge in [-0.1, -0.05) is 36.4 Å². The Kier molecular flexibility index (Phi) is 4.89. The second-order valence-corrected chi connectivity index (χ2v) is 6.37. The van der Waals surface area contributed by atoms with Crippen molar-refractivity contribution in [1.82, 2.24) is 4.72 Å². The number of aliphatic carboxylic acids is 1. The molecule has 2 aromatic rings. The number of sulfonamides is 1. The van der Waals surface area contributed by atoms with Gasteiger partial charge in [0, 0.05) is 0 Å². The van der Waals surface area contributed by atoms with Gasteiger partial charge in [0.25, 0.3) is 0 Å². The lowest BCUT2D eigenvalue weighted by Gasteiger charge is -2.15. The van der Waals surface area contributed by atoms with E-state index in [0.717, 1.165) is 12.1 Å². The van der Waals surface area contributed by atoms with Crippen molar-refractivity contribution in [2.45, 2.75) is 17.4 Å². The number of benzene rings is 2. The van der Waals surface area contributed by atoms with Crippen molar-refractivity contribution in [2.75, 3.05) is 0 Å². The summed E-state index contributed by atoms with van der Waals surface area (Å²) in [4.78, 5) is 11.0. The number of hydrogen-bond acceptors (Lipinski definition) is 3. The van der Waals surface area contributed by atoms with Crippen LogP contribution in [0.25, 0.3) is 0 Å². The summed E-state index contributed by atoms with van der Waals surface area (Å²) in [6.45, 7) is 0. The number of rotatable bonds is 6. The third-order valence-corrected chi connectivity index (χ3v) is 4.45. The van der Waals surface area contributed by atoms with Gasteiger partial charge in [-0.25, -0.2) is 12.8 Å². The highest BCUT2D eigenvalue weighted by molar-refractivity contribution is 7.89. The van der Waals surface area contributed by atoms with Gasteiger partial charge >= 0.3 is 5.97 Å². The fraction of sp³-hybridized carbons (Fsp3) is 0.133. The molecule has 0 fully saturated rings. The van der Waals surface area contributed by atoms with Crippen molar-refractivity contribution < 1.29 is 22.7 Å². The number of carbonyl (C=O) groups is 1. The van der Waals surface area contributed by atoms with Crippen LogP contribution in [0.3, 0.4) is 0 Å². The van der Waals surface area contributed by atoms with Gasteiger partial charge in [-0.2, -0.15) is 4.72 Å². The third kappa shape index (κ3) is 4.12. The fourth-order valence-electron chi connectivity index (χ4n) is 1.92. The van der Waals surface area contributed by atoms with Gasteiger partial charge in [0.1, 0.15) is 11.9 Å². The summed E-state index contributed by atoms with van der Waals surface area (Å²) >= 11 is 0. The molecule has 0 radical (unpaired) electrons. The smallest absolute Gasteiger partial charge is 0.322 e. The molecule has 0 aliphatic rings. The minimum absolute atomic E-state index is 0.00921. The molecule has 0 spiro atoms. The van der Waals surface area contributed by atoms with E-state index in [9.17, 15) is 22.7 Å². The van der Waals surface area contributed by atoms with E-state index >= 15 is 0 Å². The van der Waals surface area contributed by atoms with Crippen LogP contribution in [0.4, 0.5) is 4.39 Å². The lowest BCUT2D eigenvalue weighted by Crippen LogP contribution is -2.42. The van der Waals surface area contributed by atoms with Gasteiger partial charge < -0.3 is 5.11 Å². The Morgan fingerprint density at radius 1 is 1.14 bits per heavy atom. The number of halogens is 1. The van der Waals surface area contributed by atoms with Crippen LogP contribution in [0.15, 0.2) is 59.5 Å². The minimum Gasteiger partial charge on any atom is -0.480 e. The average molecular weight is 323 g/mol. The number of carboxylic acids is 1. The highest BCUT2D eigenvalue weighted by Crippen LogP contribution is 2.12. The van der Waals surface area contributed by atoms with Gasteiger partial charge in [-0.15, -0.1) is 0 Å². The minimum atomic E-state index is -4.12. The predicted molar refractivity (Wildman–Crippen MR) is 78.3 cm³/mol. The molecule has 2 aromatic carbocycles. The van der Waals surface area contributed by atoms with Crippen LogP contribution in [-0.2, 0) is 21.2 Å². The maximum Gasteiger partial charge on any atom is 0.322 e. The monoisotopic (exact) mass is 323 g/mol. The molecule has 2 N–H and O–H groups in total. The molecule has 0 aliphatic carbocycles. The lowest BCUT2D eigenvalue weighted by molar-refractivity contribution is -0.138. The molecule has 7 heteroatoms. The SMILES string of the molecule is O=C(O)[C@H](Cc1ccccc1)NS(=O)(=O)c1cccc(F)c1. The molecular formula is C15H14FNO4S. The number of nitrogens with one attached hydrogen (secondary N) is 1. The molecule has 22 heavy (non-hydrogen) atoms. The summed E-state index contributed by atoms with van der Waals surface area (Å²) in [5, 5.41) is 9.20. The number of hydrogen-bond donors (Lipinski definition) is 2. The Balaban J connectivity index is 2.22. The number of carboxylic acid groups (broad SMARTS) is 1. The fourth-order valence-corrected chi connectivity index (χ4v) is 3.14. The van der Waals surface area contributed by atoms with Gasteiger partial charge in [0.05, 0.1) is 4.90 Å². The molecule has 5 nitrogen and oxygen atoms in total. The molecule has 0 amide bonds. The maximum atomic E-state index is 13.1. The predicted octanol–water partition coefficient (Wildman–Crippen LogP) is 1.80. The first-order chi connectivity index (χ1) is 10.4. The molecule has 0 saturated heterocycles. The van der Waals surface area contributed by atoms with Gasteiger partial charge in [-0.05, 0) is 30.2 Å². The van der Waals surface area contributed by atoms with Crippen LogP contribution < -0.4 is 4.72 Å². The topological polar surface area (TPSA) is 83.5 Å². The first kappa shape index (κ1) is 16.1. The molecule has 0 unspecified atom stereocenters. The normalized spacial score (nSPS) is 12.8. The van der Waals surface area contributed by atoms with Crippen LogP contribution in [0.2, 0.25) is 0 Å². The van der Waals surface area contributed by atoms with E-state index in [2.05, 4.69) is 4.72 Å². The molecule has 0 heterocycles. The summed E-state index contributed by atoms with van der Waals surface area (Å²) < 4.78 is 39.5. The van der Waals surface area contributed by atoms with Gasteiger partial charge in [-0.3, -0.25) is 4.79 Å². The molecule has 0 aliphatic heterocycles. The summed E-state index contributed by atoms with van der Waals surface area (Å²) in [7, 11) is -4.12. The van der Waals surface area contributed by atoms with Crippen molar-refractivity contribution >= 4 is 16.0 Å². The van der Waals surface area contributed by atoms with Crippen LogP contribution >= 0.6 is 0 Å². The zero-order valence-electron chi connectivity index (χ0n) is 11.4. The lowest BCUT2D eigenvalue weighted by atomic mass is 10.1. The standard InChI is InChI=1S/C15H14FNO4S/c16-12-7-4-8-13(10-12)22(20,21)17-14(15(18)19)9-11-5-2-1-3-6-11/h1-8,10,14,17H,9H2,(H,18,19)/t14-/m0/s1. The van der Waals surface area contributed by atoms with E-state index in [1.54, 1.807) is 30.3 Å². The summed E-state index contributed by atoms with van der Waals surface area (Å²) in [6.07, 6.45) is -0.00921. The maximum absolute atomic E-state index is 13.1. The van der Waals surface area contributed by atoms with Crippen LogP contribution in [-0.4, -0.2) is 25.5 Å². The summed E-state index contributed by atoms with van der Waals surface area (Å²) in [5.74, 6) is -2.01. The van der Waals surface area contributed by atoms with Crippen molar-refractivity contribution in [3.8, 4) is 0 Å². The Labute approximate surface area is 127 Å². The molecular weight excluding hydrogens is 309 g/mol. The highest BCUT2D eigenvalue weighted by atomic mass is 32.2. The second kappa shape index (κ2) is 6.67. The Hall–Kier alpha value is -2.25. The zero-order chi connectivity index (χ0) is 16.2. The Morgan fingerprint density at radius 3 is 2.41 bits per heavy atom. The van der Waals surface area contributed by atoms with Crippen molar-refractivity contribution in [2.24, 2.45) is 0 Å². The van der Waals surface area contributed by atoms with E-state index < -0.39 is 27.9 Å². The highest BCUT2D eigenvalue weighted by Gasteiger charge is 2.25. The quantitative estimate of drug-likeness (QED) is 0.849. The molecule has 0 aromatic heterocycles. The average Bonchev–Trinajstić information content (AvgIpc) is 2.47. The molecule has 1 atom stereocenters. The van der Waals surface area contributed by atoms with Crippen LogP contribution in [0.1, 0.15) is 5.56 Å². The largest absolute Gasteiger partial charge is 0.480 e. The van der Waals surface area contributed by atoms with Crippen LogP contribution in [0, 0.1) is 5.82 Å². The van der Waals surface area contributed by atoms with E-state index in [-0.39, 0.29) is 11.3 Å². The van der Waals surface area contributed by atoms with Crippen molar-refractivity contribution in [3.63, 3.8) is 0 Å². The molecule has 0 saturated carbocycles. The second-order valence-electron chi connectivity index (χ2n) is 4.66. The molecule has 116 valence electrons. The third-order valence-electron chi connectivity index (χ3n) is 2.98. The summed E-state index contributed by atoms with van der Waals surface area (Å²) in [6, 6.07) is 11.7. The van der Waals surface area contributed by atoms with Crippen molar-refractivity contribution in [3.05, 3.63) is 66.0 Å². The molecule has 0 bridgehead atoms.